The number of benzene rings is 2. The van der Waals surface area contributed by atoms with Gasteiger partial charge in [0.1, 0.15) is 17.3 Å². The number of hydrogen-bond acceptors (Lipinski definition) is 2. The number of carbonyl (C=O) groups is 1. The minimum absolute atomic E-state index is 0.256. The summed E-state index contributed by atoms with van der Waals surface area (Å²) < 4.78 is 13.6. The molecule has 0 spiro atoms. The van der Waals surface area contributed by atoms with Crippen LogP contribution in [0.5, 0.6) is 0 Å². The Hall–Kier alpha value is -2.17. The van der Waals surface area contributed by atoms with Crippen LogP contribution in [0.4, 0.5) is 4.39 Å². The highest BCUT2D eigenvalue weighted by atomic mass is 35.5. The smallest absolute Gasteiger partial charge is 0.275 e. The zero-order chi connectivity index (χ0) is 17.1. The van der Waals surface area contributed by atoms with Crippen molar-refractivity contribution in [2.75, 3.05) is 0 Å². The van der Waals surface area contributed by atoms with E-state index in [9.17, 15) is 9.18 Å². The Labute approximate surface area is 148 Å². The SMILES string of the molecule is O=C1NC(CCc2ccccc2F)=N/C1=C/c1ccc(Cl)c(Cl)c1. The van der Waals surface area contributed by atoms with E-state index in [2.05, 4.69) is 10.3 Å². The van der Waals surface area contributed by atoms with Crippen LogP contribution in [0.1, 0.15) is 17.5 Å². The van der Waals surface area contributed by atoms with E-state index in [1.54, 1.807) is 42.5 Å². The van der Waals surface area contributed by atoms with Crippen LogP contribution in [0.15, 0.2) is 53.2 Å². The van der Waals surface area contributed by atoms with Crippen LogP contribution < -0.4 is 5.32 Å². The Morgan fingerprint density at radius 3 is 2.62 bits per heavy atom. The molecule has 6 heteroatoms. The maximum atomic E-state index is 13.6. The topological polar surface area (TPSA) is 41.5 Å². The van der Waals surface area contributed by atoms with E-state index in [-0.39, 0.29) is 17.4 Å². The molecule has 0 saturated heterocycles. The molecule has 1 aliphatic heterocycles. The van der Waals surface area contributed by atoms with Crippen molar-refractivity contribution in [3.05, 3.63) is 75.2 Å². The Bertz CT molecular complexity index is 862. The summed E-state index contributed by atoms with van der Waals surface area (Å²) in [6.07, 6.45) is 2.55. The molecule has 0 aromatic heterocycles. The van der Waals surface area contributed by atoms with Gasteiger partial charge in [0, 0.05) is 6.42 Å². The maximum Gasteiger partial charge on any atom is 0.275 e. The molecule has 0 radical (unpaired) electrons. The average molecular weight is 363 g/mol. The van der Waals surface area contributed by atoms with Crippen molar-refractivity contribution in [3.8, 4) is 0 Å². The summed E-state index contributed by atoms with van der Waals surface area (Å²) in [6, 6.07) is 11.6. The number of hydrogen-bond donors (Lipinski definition) is 1. The number of nitrogens with one attached hydrogen (secondary N) is 1. The fourth-order valence-electron chi connectivity index (χ4n) is 2.35. The van der Waals surface area contributed by atoms with Gasteiger partial charge in [-0.1, -0.05) is 47.5 Å². The second-order valence-corrected chi connectivity index (χ2v) is 6.12. The van der Waals surface area contributed by atoms with E-state index in [0.29, 0.717) is 34.3 Å². The molecule has 24 heavy (non-hydrogen) atoms. The molecule has 2 aromatic carbocycles. The molecule has 1 N–H and O–H groups in total. The van der Waals surface area contributed by atoms with Crippen molar-refractivity contribution in [1.29, 1.82) is 0 Å². The van der Waals surface area contributed by atoms with Crippen LogP contribution in [0, 0.1) is 5.82 Å². The van der Waals surface area contributed by atoms with Crippen LogP contribution in [-0.2, 0) is 11.2 Å². The van der Waals surface area contributed by atoms with E-state index in [1.165, 1.54) is 6.07 Å². The van der Waals surface area contributed by atoms with E-state index in [1.807, 2.05) is 0 Å². The lowest BCUT2D eigenvalue weighted by atomic mass is 10.1. The summed E-state index contributed by atoms with van der Waals surface area (Å²) in [5.74, 6) is -0.0202. The largest absolute Gasteiger partial charge is 0.309 e. The highest BCUT2D eigenvalue weighted by Crippen LogP contribution is 2.24. The van der Waals surface area contributed by atoms with E-state index in [4.69, 9.17) is 23.2 Å². The predicted molar refractivity (Wildman–Crippen MR) is 94.7 cm³/mol. The maximum absolute atomic E-state index is 13.6. The molecule has 2 aromatic rings. The molecule has 122 valence electrons. The molecule has 1 aliphatic rings. The van der Waals surface area contributed by atoms with Gasteiger partial charge in [0.05, 0.1) is 10.0 Å². The molecule has 0 aliphatic carbocycles. The van der Waals surface area contributed by atoms with Crippen LogP contribution in [0.3, 0.4) is 0 Å². The molecule has 0 atom stereocenters. The van der Waals surface area contributed by atoms with Gasteiger partial charge in [0.25, 0.3) is 5.91 Å². The Balaban J connectivity index is 1.74. The zero-order valence-corrected chi connectivity index (χ0v) is 14.0. The monoisotopic (exact) mass is 362 g/mol. The molecule has 0 bridgehead atoms. The number of nitrogens with zero attached hydrogens (tertiary/aromatic N) is 1. The van der Waals surface area contributed by atoms with Crippen molar-refractivity contribution < 1.29 is 9.18 Å². The summed E-state index contributed by atoms with van der Waals surface area (Å²) in [4.78, 5) is 16.3. The predicted octanol–water partition coefficient (Wildman–Crippen LogP) is 4.63. The second-order valence-electron chi connectivity index (χ2n) is 5.31. The standard InChI is InChI=1S/C18H13Cl2FN2O/c19-13-7-5-11(9-14(13)20)10-16-18(24)23-17(22-16)8-6-12-3-1-2-4-15(12)21/h1-5,7,9-10H,6,8H2,(H,22,23,24)/b16-10+. The first-order chi connectivity index (χ1) is 11.5. The molecular weight excluding hydrogens is 350 g/mol. The lowest BCUT2D eigenvalue weighted by Gasteiger charge is -2.02. The van der Waals surface area contributed by atoms with Gasteiger partial charge in [-0.25, -0.2) is 9.38 Å². The summed E-state index contributed by atoms with van der Waals surface area (Å²) in [5.41, 5.74) is 1.61. The third kappa shape index (κ3) is 3.83. The summed E-state index contributed by atoms with van der Waals surface area (Å²) in [7, 11) is 0. The zero-order valence-electron chi connectivity index (χ0n) is 12.5. The molecule has 0 unspecified atom stereocenters. The lowest BCUT2D eigenvalue weighted by Crippen LogP contribution is -2.24. The average Bonchev–Trinajstić information content (AvgIpc) is 2.90. The van der Waals surface area contributed by atoms with Gasteiger partial charge in [-0.2, -0.15) is 0 Å². The highest BCUT2D eigenvalue weighted by molar-refractivity contribution is 6.42. The lowest BCUT2D eigenvalue weighted by molar-refractivity contribution is -0.115. The quantitative estimate of drug-likeness (QED) is 0.791. The number of carbonyl (C=O) groups excluding carboxylic acids is 1. The fraction of sp³-hybridized carbons (Fsp3) is 0.111. The minimum Gasteiger partial charge on any atom is -0.309 e. The first-order valence-electron chi connectivity index (χ1n) is 7.32. The molecule has 3 nitrogen and oxygen atoms in total. The molecule has 1 heterocycles. The third-order valence-corrected chi connectivity index (χ3v) is 4.32. The van der Waals surface area contributed by atoms with E-state index < -0.39 is 0 Å². The van der Waals surface area contributed by atoms with Gasteiger partial charge in [-0.3, -0.25) is 4.79 Å². The van der Waals surface area contributed by atoms with E-state index in [0.717, 1.165) is 5.56 Å². The van der Waals surface area contributed by atoms with E-state index >= 15 is 0 Å². The van der Waals surface area contributed by atoms with Gasteiger partial charge < -0.3 is 5.32 Å². The van der Waals surface area contributed by atoms with Crippen molar-refractivity contribution >= 4 is 41.0 Å². The first-order valence-corrected chi connectivity index (χ1v) is 8.07. The summed E-state index contributed by atoms with van der Waals surface area (Å²) in [6.45, 7) is 0. The summed E-state index contributed by atoms with van der Waals surface area (Å²) in [5, 5.41) is 3.56. The highest BCUT2D eigenvalue weighted by Gasteiger charge is 2.20. The van der Waals surface area contributed by atoms with Crippen molar-refractivity contribution in [2.45, 2.75) is 12.8 Å². The van der Waals surface area contributed by atoms with Crippen molar-refractivity contribution in [1.82, 2.24) is 5.32 Å². The number of rotatable bonds is 4. The first kappa shape index (κ1) is 16.7. The Kier molecular flexibility index (Phi) is 4.97. The molecule has 0 fully saturated rings. The number of amides is 1. The van der Waals surface area contributed by atoms with Crippen LogP contribution in [0.2, 0.25) is 10.0 Å². The van der Waals surface area contributed by atoms with Crippen molar-refractivity contribution in [2.24, 2.45) is 4.99 Å². The molecular formula is C18H13Cl2FN2O. The van der Waals surface area contributed by atoms with Gasteiger partial charge in [0.15, 0.2) is 0 Å². The number of amidine groups is 1. The van der Waals surface area contributed by atoms with Gasteiger partial charge in [-0.15, -0.1) is 0 Å². The van der Waals surface area contributed by atoms with Crippen LogP contribution in [-0.4, -0.2) is 11.7 Å². The number of aliphatic imine (C=N–C) groups is 1. The van der Waals surface area contributed by atoms with Gasteiger partial charge >= 0.3 is 0 Å². The number of halogens is 3. The second kappa shape index (κ2) is 7.16. The Morgan fingerprint density at radius 1 is 1.08 bits per heavy atom. The van der Waals surface area contributed by atoms with Gasteiger partial charge in [0.2, 0.25) is 0 Å². The molecule has 0 saturated carbocycles. The minimum atomic E-state index is -0.287. The van der Waals surface area contributed by atoms with Crippen molar-refractivity contribution in [3.63, 3.8) is 0 Å². The fourth-order valence-corrected chi connectivity index (χ4v) is 2.66. The summed E-state index contributed by atoms with van der Waals surface area (Å²) >= 11 is 11.8. The Morgan fingerprint density at radius 2 is 1.88 bits per heavy atom. The molecule has 3 rings (SSSR count). The number of aryl methyl sites for hydroxylation is 1. The third-order valence-electron chi connectivity index (χ3n) is 3.58. The van der Waals surface area contributed by atoms with Crippen LogP contribution in [0.25, 0.3) is 6.08 Å². The molecule has 1 amide bonds. The van der Waals surface area contributed by atoms with Crippen LogP contribution >= 0.6 is 23.2 Å². The normalized spacial score (nSPS) is 15.5. The van der Waals surface area contributed by atoms with Gasteiger partial charge in [-0.05, 0) is 41.8 Å².